The number of nitrogens with zero attached hydrogens (tertiary/aromatic N) is 7. The van der Waals surface area contributed by atoms with E-state index in [0.29, 0.717) is 41.7 Å². The monoisotopic (exact) mass is 672 g/mol. The second kappa shape index (κ2) is 13.6. The molecule has 4 heterocycles. The Morgan fingerprint density at radius 1 is 1.02 bits per heavy atom. The van der Waals surface area contributed by atoms with Crippen molar-refractivity contribution in [2.45, 2.75) is 73.6 Å². The van der Waals surface area contributed by atoms with E-state index >= 15 is 0 Å². The summed E-state index contributed by atoms with van der Waals surface area (Å²) in [5.74, 6) is -0.117. The number of aromatic nitrogens is 6. The van der Waals surface area contributed by atoms with Gasteiger partial charge in [-0.15, -0.1) is 0 Å². The molecule has 6 rings (SSSR count). The maximum atomic E-state index is 14.4. The van der Waals surface area contributed by atoms with Crippen molar-refractivity contribution in [1.82, 2.24) is 39.3 Å². The van der Waals surface area contributed by atoms with Gasteiger partial charge >= 0.3 is 6.09 Å². The molecule has 2 amide bonds. The molecule has 1 N–H and O–H groups in total. The molecule has 12 nitrogen and oxygen atoms in total. The van der Waals surface area contributed by atoms with E-state index in [9.17, 15) is 14.4 Å². The van der Waals surface area contributed by atoms with E-state index in [0.717, 1.165) is 22.4 Å². The summed E-state index contributed by atoms with van der Waals surface area (Å²) in [7, 11) is 1.82. The lowest BCUT2D eigenvalue weighted by Crippen LogP contribution is -2.40. The van der Waals surface area contributed by atoms with Gasteiger partial charge in [0.2, 0.25) is 0 Å². The summed E-state index contributed by atoms with van der Waals surface area (Å²) in [6, 6.07) is 12.6. The van der Waals surface area contributed by atoms with Crippen LogP contribution in [-0.4, -0.2) is 58.2 Å². The number of halogens is 1. The lowest BCUT2D eigenvalue weighted by atomic mass is 9.99. The van der Waals surface area contributed by atoms with Gasteiger partial charge in [-0.1, -0.05) is 37.6 Å². The molecule has 1 aliphatic rings. The van der Waals surface area contributed by atoms with Gasteiger partial charge in [0.1, 0.15) is 16.9 Å². The number of benzene rings is 2. The molecule has 0 atom stereocenters. The normalized spacial score (nSPS) is 12.7. The van der Waals surface area contributed by atoms with E-state index in [-0.39, 0.29) is 29.4 Å². The van der Waals surface area contributed by atoms with Crippen LogP contribution >= 0.6 is 11.6 Å². The van der Waals surface area contributed by atoms with Crippen molar-refractivity contribution in [3.63, 3.8) is 0 Å². The third kappa shape index (κ3) is 6.98. The van der Waals surface area contributed by atoms with Crippen LogP contribution in [0.4, 0.5) is 4.79 Å². The quantitative estimate of drug-likeness (QED) is 0.249. The summed E-state index contributed by atoms with van der Waals surface area (Å²) in [6.07, 6.45) is 2.15. The van der Waals surface area contributed by atoms with Crippen LogP contribution in [0.2, 0.25) is 5.02 Å². The lowest BCUT2D eigenvalue weighted by Gasteiger charge is -2.31. The van der Waals surface area contributed by atoms with Gasteiger partial charge in [0.05, 0.1) is 23.6 Å². The van der Waals surface area contributed by atoms with E-state index in [1.54, 1.807) is 40.8 Å². The molecule has 0 spiro atoms. The van der Waals surface area contributed by atoms with Crippen LogP contribution in [0.15, 0.2) is 53.5 Å². The third-order valence-corrected chi connectivity index (χ3v) is 8.01. The summed E-state index contributed by atoms with van der Waals surface area (Å²) >= 11 is 6.31. The van der Waals surface area contributed by atoms with Crippen molar-refractivity contribution >= 4 is 34.6 Å². The highest BCUT2D eigenvalue weighted by Gasteiger charge is 2.28. The van der Waals surface area contributed by atoms with E-state index in [2.05, 4.69) is 15.5 Å². The lowest BCUT2D eigenvalue weighted by molar-refractivity contribution is 0.0224. The van der Waals surface area contributed by atoms with Crippen LogP contribution in [0.25, 0.3) is 22.4 Å². The largest absolute Gasteiger partial charge is 0.444 e. The molecular weight excluding hydrogens is 632 g/mol. The highest BCUT2D eigenvalue weighted by Crippen LogP contribution is 2.26. The molecule has 0 radical (unpaired) electrons. The first-order valence-corrected chi connectivity index (χ1v) is 16.3. The van der Waals surface area contributed by atoms with Gasteiger partial charge < -0.3 is 15.0 Å². The molecule has 252 valence electrons. The fourth-order valence-corrected chi connectivity index (χ4v) is 5.85. The molecule has 3 aromatic heterocycles. The predicted octanol–water partition coefficient (Wildman–Crippen LogP) is 5.82. The topological polar surface area (TPSA) is 129 Å². The molecule has 5 aromatic rings. The first-order valence-electron chi connectivity index (χ1n) is 15.9. The van der Waals surface area contributed by atoms with E-state index in [1.165, 1.54) is 9.25 Å². The number of carbonyl (C=O) groups excluding carboxylic acids is 2. The second-order valence-electron chi connectivity index (χ2n) is 12.5. The number of nitrogens with one attached hydrogen (secondary N) is 1. The SMILES string of the molecule is CC.Cc1cn(C)nc1CNC(=O)c1nn(-c2cccc(Cl)c2)c2c(=O)n(-c3ccc4c(c3)CN(C(=O)OC(C)(C)C)CC4)c(C)nc12. The van der Waals surface area contributed by atoms with Gasteiger partial charge in [-0.05, 0) is 88.1 Å². The highest BCUT2D eigenvalue weighted by molar-refractivity contribution is 6.30. The van der Waals surface area contributed by atoms with Gasteiger partial charge in [0.15, 0.2) is 11.2 Å². The molecule has 0 aliphatic carbocycles. The van der Waals surface area contributed by atoms with Crippen LogP contribution < -0.4 is 10.9 Å². The Labute approximate surface area is 284 Å². The van der Waals surface area contributed by atoms with Gasteiger partial charge in [-0.3, -0.25) is 18.8 Å². The van der Waals surface area contributed by atoms with E-state index in [4.69, 9.17) is 21.3 Å². The Bertz CT molecular complexity index is 2070. The van der Waals surface area contributed by atoms with Crippen LogP contribution in [0, 0.1) is 13.8 Å². The van der Waals surface area contributed by atoms with Crippen molar-refractivity contribution in [3.8, 4) is 11.4 Å². The minimum atomic E-state index is -0.607. The average Bonchev–Trinajstić information content (AvgIpc) is 3.58. The van der Waals surface area contributed by atoms with Crippen molar-refractivity contribution in [2.75, 3.05) is 6.54 Å². The Balaban J connectivity index is 0.00000221. The molecule has 48 heavy (non-hydrogen) atoms. The minimum absolute atomic E-state index is 0.00866. The molecule has 0 saturated carbocycles. The standard InChI is InChI=1S/C33H35ClN8O4.C2H6/c1-19-17-39(6)37-26(19)16-35-30(43)28-27-29(42(38-28)25-9-7-8-23(34)15-25)31(44)41(20(2)36-27)24-11-10-21-12-13-40(18-22(21)14-24)32(45)46-33(3,4)5;1-2/h7-11,14-15,17H,12-13,16,18H2,1-6H3,(H,35,43);1-2H3. The Morgan fingerprint density at radius 2 is 1.77 bits per heavy atom. The number of carbonyl (C=O) groups is 2. The molecule has 0 fully saturated rings. The third-order valence-electron chi connectivity index (χ3n) is 7.77. The Hall–Kier alpha value is -4.97. The van der Waals surface area contributed by atoms with E-state index in [1.807, 2.05) is 73.0 Å². The van der Waals surface area contributed by atoms with E-state index < -0.39 is 17.1 Å². The molecule has 2 aromatic carbocycles. The first kappa shape index (κ1) is 34.4. The average molecular weight is 673 g/mol. The number of hydrogen-bond acceptors (Lipinski definition) is 7. The number of rotatable bonds is 5. The van der Waals surface area contributed by atoms with Crippen LogP contribution in [0.5, 0.6) is 0 Å². The first-order chi connectivity index (χ1) is 22.8. The zero-order valence-corrected chi connectivity index (χ0v) is 29.3. The highest BCUT2D eigenvalue weighted by atomic mass is 35.5. The van der Waals surface area contributed by atoms with Crippen molar-refractivity contribution < 1.29 is 14.3 Å². The van der Waals surface area contributed by atoms with Crippen LogP contribution in [0.3, 0.4) is 0 Å². The molecule has 13 heteroatoms. The van der Waals surface area contributed by atoms with Crippen molar-refractivity contribution in [3.05, 3.63) is 97.9 Å². The predicted molar refractivity (Wildman–Crippen MR) is 185 cm³/mol. The molecule has 0 unspecified atom stereocenters. The van der Waals surface area contributed by atoms with Gasteiger partial charge in [-0.25, -0.2) is 14.5 Å². The van der Waals surface area contributed by atoms with Crippen LogP contribution in [-0.2, 0) is 31.3 Å². The second-order valence-corrected chi connectivity index (χ2v) is 12.9. The Morgan fingerprint density at radius 3 is 2.44 bits per heavy atom. The summed E-state index contributed by atoms with van der Waals surface area (Å²) in [4.78, 5) is 47.2. The summed E-state index contributed by atoms with van der Waals surface area (Å²) in [5.41, 5.74) is 4.04. The fourth-order valence-electron chi connectivity index (χ4n) is 5.66. The summed E-state index contributed by atoms with van der Waals surface area (Å²) < 4.78 is 10.2. The van der Waals surface area contributed by atoms with Crippen LogP contribution in [0.1, 0.15) is 73.3 Å². The molecule has 1 aliphatic heterocycles. The Kier molecular flexibility index (Phi) is 9.76. The van der Waals surface area contributed by atoms with Gasteiger partial charge in [-0.2, -0.15) is 10.2 Å². The summed E-state index contributed by atoms with van der Waals surface area (Å²) in [6.45, 7) is 14.2. The zero-order valence-electron chi connectivity index (χ0n) is 28.6. The molecule has 0 saturated heterocycles. The van der Waals surface area contributed by atoms with Gasteiger partial charge in [0.25, 0.3) is 11.5 Å². The summed E-state index contributed by atoms with van der Waals surface area (Å²) in [5, 5.41) is 12.3. The van der Waals surface area contributed by atoms with Crippen molar-refractivity contribution in [1.29, 1.82) is 0 Å². The fraction of sp³-hybridized carbons (Fsp3) is 0.371. The molecular formula is C35H41ClN8O4. The van der Waals surface area contributed by atoms with Gasteiger partial charge in [0, 0.05) is 31.4 Å². The van der Waals surface area contributed by atoms with Crippen molar-refractivity contribution in [2.24, 2.45) is 7.05 Å². The smallest absolute Gasteiger partial charge is 0.410 e. The maximum absolute atomic E-state index is 14.4. The molecule has 0 bridgehead atoms. The number of ether oxygens (including phenoxy) is 1. The minimum Gasteiger partial charge on any atom is -0.444 e. The number of hydrogen-bond donors (Lipinski definition) is 1. The zero-order chi connectivity index (χ0) is 34.9. The maximum Gasteiger partial charge on any atom is 0.410 e. The number of aryl methyl sites for hydroxylation is 3. The number of fused-ring (bicyclic) bond motifs is 2. The number of amides is 2.